The number of carboxylic acid groups (broad SMARTS) is 1. The van der Waals surface area contributed by atoms with Gasteiger partial charge in [-0.25, -0.2) is 4.79 Å². The van der Waals surface area contributed by atoms with Crippen molar-refractivity contribution in [1.29, 1.82) is 0 Å². The predicted octanol–water partition coefficient (Wildman–Crippen LogP) is 2.70. The van der Waals surface area contributed by atoms with Gasteiger partial charge in [0.2, 0.25) is 0 Å². The molecule has 3 heteroatoms. The van der Waals surface area contributed by atoms with Gasteiger partial charge >= 0.3 is 5.97 Å². The van der Waals surface area contributed by atoms with Crippen molar-refractivity contribution in [3.05, 3.63) is 71.3 Å². The van der Waals surface area contributed by atoms with Crippen molar-refractivity contribution in [2.75, 3.05) is 13.2 Å². The normalized spacial score (nSPS) is 16.6. The minimum atomic E-state index is -0.898. The first-order valence-corrected chi connectivity index (χ1v) is 6.19. The lowest BCUT2D eigenvalue weighted by Crippen LogP contribution is -2.47. The molecule has 0 aromatic heterocycles. The summed E-state index contributed by atoms with van der Waals surface area (Å²) >= 11 is 0. The van der Waals surface area contributed by atoms with Gasteiger partial charge in [-0.15, -0.1) is 0 Å². The number of hydrogen-bond donors (Lipinski definition) is 1. The molecule has 0 aliphatic carbocycles. The Labute approximate surface area is 111 Å². The third-order valence-electron chi connectivity index (χ3n) is 3.69. The Morgan fingerprint density at radius 3 is 2.26 bits per heavy atom. The highest BCUT2D eigenvalue weighted by molar-refractivity contribution is 5.87. The van der Waals surface area contributed by atoms with Crippen molar-refractivity contribution in [3.8, 4) is 0 Å². The summed E-state index contributed by atoms with van der Waals surface area (Å²) in [4.78, 5) is 11.1. The molecule has 2 aromatic rings. The van der Waals surface area contributed by atoms with Crippen LogP contribution in [0.15, 0.2) is 54.6 Å². The number of aromatic carboxylic acids is 1. The predicted molar refractivity (Wildman–Crippen MR) is 71.4 cm³/mol. The molecule has 0 radical (unpaired) electrons. The first-order valence-electron chi connectivity index (χ1n) is 6.19. The van der Waals surface area contributed by atoms with E-state index in [0.717, 1.165) is 5.56 Å². The Kier molecular flexibility index (Phi) is 2.84. The molecule has 19 heavy (non-hydrogen) atoms. The van der Waals surface area contributed by atoms with Crippen molar-refractivity contribution in [2.24, 2.45) is 0 Å². The van der Waals surface area contributed by atoms with Crippen molar-refractivity contribution < 1.29 is 14.6 Å². The second-order valence-corrected chi connectivity index (χ2v) is 4.83. The lowest BCUT2D eigenvalue weighted by atomic mass is 9.72. The number of hydrogen-bond acceptors (Lipinski definition) is 2. The van der Waals surface area contributed by atoms with Crippen molar-refractivity contribution in [2.45, 2.75) is 5.41 Å². The van der Waals surface area contributed by atoms with Crippen LogP contribution in [0.4, 0.5) is 0 Å². The molecule has 0 atom stereocenters. The van der Waals surface area contributed by atoms with Crippen LogP contribution in [-0.4, -0.2) is 24.3 Å². The Morgan fingerprint density at radius 1 is 1.00 bits per heavy atom. The van der Waals surface area contributed by atoms with E-state index < -0.39 is 5.97 Å². The number of ether oxygens (including phenoxy) is 1. The average molecular weight is 254 g/mol. The molecule has 1 aliphatic heterocycles. The fourth-order valence-electron chi connectivity index (χ4n) is 2.51. The van der Waals surface area contributed by atoms with E-state index in [0.29, 0.717) is 18.8 Å². The summed E-state index contributed by atoms with van der Waals surface area (Å²) in [6.07, 6.45) is 0. The fourth-order valence-corrected chi connectivity index (χ4v) is 2.51. The lowest BCUT2D eigenvalue weighted by Gasteiger charge is -2.42. The summed E-state index contributed by atoms with van der Waals surface area (Å²) in [5.74, 6) is -0.898. The van der Waals surface area contributed by atoms with E-state index in [2.05, 4.69) is 12.1 Å². The fraction of sp³-hybridized carbons (Fsp3) is 0.188. The smallest absolute Gasteiger partial charge is 0.335 e. The summed E-state index contributed by atoms with van der Waals surface area (Å²) in [5.41, 5.74) is 2.29. The molecular weight excluding hydrogens is 240 g/mol. The highest BCUT2D eigenvalue weighted by Gasteiger charge is 2.42. The van der Waals surface area contributed by atoms with E-state index in [-0.39, 0.29) is 5.41 Å². The maximum absolute atomic E-state index is 11.1. The molecule has 96 valence electrons. The van der Waals surface area contributed by atoms with Gasteiger partial charge in [0, 0.05) is 0 Å². The van der Waals surface area contributed by atoms with Gasteiger partial charge in [-0.05, 0) is 23.3 Å². The van der Waals surface area contributed by atoms with Crippen LogP contribution in [0.1, 0.15) is 21.5 Å². The van der Waals surface area contributed by atoms with Crippen LogP contribution in [0.2, 0.25) is 0 Å². The minimum absolute atomic E-state index is 0.202. The van der Waals surface area contributed by atoms with Crippen LogP contribution in [0, 0.1) is 0 Å². The van der Waals surface area contributed by atoms with Gasteiger partial charge in [0.05, 0.1) is 24.2 Å². The topological polar surface area (TPSA) is 46.5 Å². The first kappa shape index (κ1) is 11.9. The second kappa shape index (κ2) is 4.52. The maximum atomic E-state index is 11.1. The number of carboxylic acids is 1. The van der Waals surface area contributed by atoms with Crippen LogP contribution < -0.4 is 0 Å². The Hall–Kier alpha value is -2.13. The first-order chi connectivity index (χ1) is 9.22. The van der Waals surface area contributed by atoms with Gasteiger partial charge < -0.3 is 9.84 Å². The zero-order chi connectivity index (χ0) is 13.3. The van der Waals surface area contributed by atoms with Gasteiger partial charge in [-0.2, -0.15) is 0 Å². The summed E-state index contributed by atoms with van der Waals surface area (Å²) in [5, 5.41) is 9.11. The molecule has 3 rings (SSSR count). The van der Waals surface area contributed by atoms with Gasteiger partial charge in [0.15, 0.2) is 0 Å². The summed E-state index contributed by atoms with van der Waals surface area (Å²) in [6.45, 7) is 1.19. The molecule has 0 saturated carbocycles. The largest absolute Gasteiger partial charge is 0.478 e. The van der Waals surface area contributed by atoms with E-state index in [1.165, 1.54) is 5.56 Å². The molecule has 2 aromatic carbocycles. The molecule has 1 heterocycles. The monoisotopic (exact) mass is 254 g/mol. The molecule has 1 saturated heterocycles. The summed E-state index contributed by atoms with van der Waals surface area (Å²) in [6, 6.07) is 17.2. The van der Waals surface area contributed by atoms with Crippen molar-refractivity contribution in [3.63, 3.8) is 0 Å². The van der Waals surface area contributed by atoms with E-state index >= 15 is 0 Å². The maximum Gasteiger partial charge on any atom is 0.335 e. The number of benzene rings is 2. The highest BCUT2D eigenvalue weighted by atomic mass is 16.5. The van der Waals surface area contributed by atoms with Crippen LogP contribution >= 0.6 is 0 Å². The molecular formula is C16H14O3. The van der Waals surface area contributed by atoms with E-state index in [1.54, 1.807) is 18.2 Å². The molecule has 0 amide bonds. The van der Waals surface area contributed by atoms with Crippen LogP contribution in [0.5, 0.6) is 0 Å². The van der Waals surface area contributed by atoms with Crippen LogP contribution in [-0.2, 0) is 10.2 Å². The third kappa shape index (κ3) is 1.92. The van der Waals surface area contributed by atoms with E-state index in [9.17, 15) is 4.79 Å². The Morgan fingerprint density at radius 2 is 1.68 bits per heavy atom. The van der Waals surface area contributed by atoms with Crippen LogP contribution in [0.3, 0.4) is 0 Å². The molecule has 0 bridgehead atoms. The summed E-state index contributed by atoms with van der Waals surface area (Å²) in [7, 11) is 0. The number of carbonyl (C=O) groups is 1. The number of rotatable bonds is 3. The standard InChI is InChI=1S/C16H14O3/c17-15(18)12-5-4-8-14(9-12)16(10-19-11-16)13-6-2-1-3-7-13/h1-9H,10-11H2,(H,17,18). The Bertz CT molecular complexity index is 600. The molecule has 3 nitrogen and oxygen atoms in total. The molecule has 0 unspecified atom stereocenters. The van der Waals surface area contributed by atoms with Gasteiger partial charge in [0.1, 0.15) is 0 Å². The van der Waals surface area contributed by atoms with Gasteiger partial charge in [-0.3, -0.25) is 0 Å². The van der Waals surface area contributed by atoms with Crippen LogP contribution in [0.25, 0.3) is 0 Å². The molecule has 1 fully saturated rings. The summed E-state index contributed by atoms with van der Waals surface area (Å²) < 4.78 is 5.40. The second-order valence-electron chi connectivity index (χ2n) is 4.83. The molecule has 1 N–H and O–H groups in total. The quantitative estimate of drug-likeness (QED) is 0.916. The van der Waals surface area contributed by atoms with Gasteiger partial charge in [-0.1, -0.05) is 42.5 Å². The SMILES string of the molecule is O=C(O)c1cccc(C2(c3ccccc3)COC2)c1. The van der Waals surface area contributed by atoms with Crippen molar-refractivity contribution in [1.82, 2.24) is 0 Å². The molecule has 1 aliphatic rings. The lowest BCUT2D eigenvalue weighted by molar-refractivity contribution is -0.0380. The van der Waals surface area contributed by atoms with E-state index in [4.69, 9.17) is 9.84 Å². The minimum Gasteiger partial charge on any atom is -0.478 e. The van der Waals surface area contributed by atoms with Crippen molar-refractivity contribution >= 4 is 5.97 Å². The van der Waals surface area contributed by atoms with E-state index in [1.807, 2.05) is 24.3 Å². The molecule has 0 spiro atoms. The third-order valence-corrected chi connectivity index (χ3v) is 3.69. The Balaban J connectivity index is 2.08. The highest BCUT2D eigenvalue weighted by Crippen LogP contribution is 2.39. The zero-order valence-electron chi connectivity index (χ0n) is 10.4. The average Bonchev–Trinajstić information content (AvgIpc) is 2.39. The zero-order valence-corrected chi connectivity index (χ0v) is 10.4. The van der Waals surface area contributed by atoms with Gasteiger partial charge in [0.25, 0.3) is 0 Å².